The van der Waals surface area contributed by atoms with E-state index >= 15 is 0 Å². The zero-order valence-corrected chi connectivity index (χ0v) is 21.1. The van der Waals surface area contributed by atoms with Crippen LogP contribution in [0.2, 0.25) is 0 Å². The molecule has 1 N–H and O–H groups in total. The summed E-state index contributed by atoms with van der Waals surface area (Å²) in [6, 6.07) is 33.1. The fourth-order valence-electron chi connectivity index (χ4n) is 4.31. The van der Waals surface area contributed by atoms with E-state index < -0.39 is 27.4 Å². The predicted molar refractivity (Wildman–Crippen MR) is 141 cm³/mol. The van der Waals surface area contributed by atoms with Gasteiger partial charge in [-0.05, 0) is 42.7 Å². The van der Waals surface area contributed by atoms with Gasteiger partial charge in [0.25, 0.3) is 10.0 Å². The van der Waals surface area contributed by atoms with Gasteiger partial charge in [-0.3, -0.25) is 4.79 Å². The van der Waals surface area contributed by atoms with E-state index in [0.717, 1.165) is 9.87 Å². The minimum atomic E-state index is -4.24. The van der Waals surface area contributed by atoms with Crippen LogP contribution in [-0.2, 0) is 27.0 Å². The van der Waals surface area contributed by atoms with Gasteiger partial charge < -0.3 is 5.11 Å². The van der Waals surface area contributed by atoms with E-state index in [2.05, 4.69) is 0 Å². The highest BCUT2D eigenvalue weighted by Gasteiger charge is 2.45. The molecule has 0 saturated heterocycles. The number of nitrogens with zero attached hydrogens (tertiary/aromatic N) is 1. The molecule has 4 aromatic carbocycles. The summed E-state index contributed by atoms with van der Waals surface area (Å²) in [6.07, 6.45) is 0. The van der Waals surface area contributed by atoms with Crippen LogP contribution in [0.15, 0.2) is 120 Å². The van der Waals surface area contributed by atoms with Crippen LogP contribution in [0.3, 0.4) is 0 Å². The van der Waals surface area contributed by atoms with Gasteiger partial charge in [-0.25, -0.2) is 12.7 Å². The first-order valence-electron chi connectivity index (χ1n) is 11.7. The van der Waals surface area contributed by atoms with Gasteiger partial charge in [0.2, 0.25) is 5.91 Å². The summed E-state index contributed by atoms with van der Waals surface area (Å²) in [7, 11) is -4.24. The van der Waals surface area contributed by atoms with Crippen molar-refractivity contribution >= 4 is 15.9 Å². The molecule has 0 saturated carbocycles. The molecule has 0 bridgehead atoms. The van der Waals surface area contributed by atoms with Gasteiger partial charge in [0, 0.05) is 0 Å². The minimum Gasteiger partial charge on any atom is -0.384 e. The van der Waals surface area contributed by atoms with Crippen LogP contribution in [0.4, 0.5) is 0 Å². The molecule has 0 radical (unpaired) electrons. The van der Waals surface area contributed by atoms with Gasteiger partial charge in [-0.15, -0.1) is 0 Å². The van der Waals surface area contributed by atoms with Crippen molar-refractivity contribution in [2.24, 2.45) is 0 Å². The lowest BCUT2D eigenvalue weighted by molar-refractivity contribution is -0.135. The van der Waals surface area contributed by atoms with Gasteiger partial charge in [0.05, 0.1) is 17.4 Å². The maximum absolute atomic E-state index is 14.3. The first-order chi connectivity index (χ1) is 17.2. The molecule has 5 nitrogen and oxygen atoms in total. The summed E-state index contributed by atoms with van der Waals surface area (Å²) >= 11 is 0. The van der Waals surface area contributed by atoms with Crippen LogP contribution >= 0.6 is 0 Å². The van der Waals surface area contributed by atoms with E-state index in [1.54, 1.807) is 91.9 Å². The van der Waals surface area contributed by atoms with Crippen LogP contribution < -0.4 is 0 Å². The first kappa shape index (κ1) is 25.4. The smallest absolute Gasteiger partial charge is 0.266 e. The zero-order valence-electron chi connectivity index (χ0n) is 20.3. The summed E-state index contributed by atoms with van der Waals surface area (Å²) in [4.78, 5) is 14.4. The molecular weight excluding hydrogens is 470 g/mol. The largest absolute Gasteiger partial charge is 0.384 e. The second kappa shape index (κ2) is 10.5. The summed E-state index contributed by atoms with van der Waals surface area (Å²) < 4.78 is 28.7. The molecule has 0 fully saturated rings. The second-order valence-electron chi connectivity index (χ2n) is 9.01. The van der Waals surface area contributed by atoms with Crippen LogP contribution in [0, 0.1) is 6.92 Å². The number of carbonyl (C=O) groups is 1. The molecule has 0 aliphatic carbocycles. The van der Waals surface area contributed by atoms with Gasteiger partial charge in [-0.1, -0.05) is 109 Å². The molecule has 0 aromatic heterocycles. The molecule has 2 atom stereocenters. The summed E-state index contributed by atoms with van der Waals surface area (Å²) in [6.45, 7) is 3.26. The number of benzene rings is 4. The number of amides is 1. The van der Waals surface area contributed by atoms with Gasteiger partial charge in [-0.2, -0.15) is 0 Å². The normalized spacial score (nSPS) is 14.0. The van der Waals surface area contributed by atoms with Crippen LogP contribution in [-0.4, -0.2) is 23.7 Å². The van der Waals surface area contributed by atoms with Crippen molar-refractivity contribution in [3.8, 4) is 0 Å². The molecule has 0 heterocycles. The second-order valence-corrected chi connectivity index (χ2v) is 10.9. The molecule has 4 rings (SSSR count). The topological polar surface area (TPSA) is 74.7 Å². The van der Waals surface area contributed by atoms with Crippen molar-refractivity contribution in [1.29, 1.82) is 0 Å². The van der Waals surface area contributed by atoms with Crippen LogP contribution in [0.5, 0.6) is 0 Å². The first-order valence-corrected chi connectivity index (χ1v) is 13.2. The Bertz CT molecular complexity index is 1400. The highest BCUT2D eigenvalue weighted by Crippen LogP contribution is 2.39. The monoisotopic (exact) mass is 499 g/mol. The Morgan fingerprint density at radius 3 is 1.86 bits per heavy atom. The third-order valence-corrected chi connectivity index (χ3v) is 8.08. The highest BCUT2D eigenvalue weighted by atomic mass is 32.2. The lowest BCUT2D eigenvalue weighted by Crippen LogP contribution is -2.46. The van der Waals surface area contributed by atoms with Crippen molar-refractivity contribution in [2.75, 3.05) is 0 Å². The van der Waals surface area contributed by atoms with Gasteiger partial charge in [0.1, 0.15) is 5.60 Å². The fourth-order valence-corrected chi connectivity index (χ4v) is 5.70. The Labute approximate surface area is 212 Å². The van der Waals surface area contributed by atoms with Crippen molar-refractivity contribution in [1.82, 2.24) is 4.31 Å². The lowest BCUT2D eigenvalue weighted by atomic mass is 9.78. The zero-order chi connectivity index (χ0) is 25.8. The number of sulfonamides is 1. The lowest BCUT2D eigenvalue weighted by Gasteiger charge is -2.36. The average molecular weight is 500 g/mol. The molecule has 0 spiro atoms. The standard InChI is InChI=1S/C30H29NO4S/c1-23-18-20-27(21-19-23)36(34,35)31(22-24-12-6-3-7-13-24)29(32)28(25-14-8-4-9-15-25)30(2,33)26-16-10-5-11-17-26/h3-21,28,33H,22H2,1-2H3/t28-,30+/m0/s1. The summed E-state index contributed by atoms with van der Waals surface area (Å²) in [5, 5.41) is 11.8. The fraction of sp³-hybridized carbons (Fsp3) is 0.167. The molecule has 0 aliphatic heterocycles. The Hall–Kier alpha value is -3.74. The Balaban J connectivity index is 1.88. The SMILES string of the molecule is Cc1ccc(S(=O)(=O)N(Cc2ccccc2)C(=O)[C@H](c2ccccc2)[C@](C)(O)c2ccccc2)cc1. The van der Waals surface area contributed by atoms with Crippen molar-refractivity contribution in [3.05, 3.63) is 138 Å². The van der Waals surface area contributed by atoms with E-state index in [-0.39, 0.29) is 11.4 Å². The Kier molecular flexibility index (Phi) is 7.38. The molecular formula is C30H29NO4S. The minimum absolute atomic E-state index is 0.0172. The van der Waals surface area contributed by atoms with E-state index in [9.17, 15) is 18.3 Å². The molecule has 1 amide bonds. The number of rotatable bonds is 8. The quantitative estimate of drug-likeness (QED) is 0.352. The van der Waals surface area contributed by atoms with E-state index in [0.29, 0.717) is 16.7 Å². The average Bonchev–Trinajstić information content (AvgIpc) is 2.89. The molecule has 0 aliphatic rings. The predicted octanol–water partition coefficient (Wildman–Crippen LogP) is 5.40. The Morgan fingerprint density at radius 2 is 1.31 bits per heavy atom. The van der Waals surface area contributed by atoms with Crippen molar-refractivity contribution in [2.45, 2.75) is 36.8 Å². The maximum Gasteiger partial charge on any atom is 0.266 e. The Morgan fingerprint density at radius 1 is 0.806 bits per heavy atom. The number of hydrogen-bond donors (Lipinski definition) is 1. The van der Waals surface area contributed by atoms with Crippen LogP contribution in [0.25, 0.3) is 0 Å². The van der Waals surface area contributed by atoms with E-state index in [4.69, 9.17) is 0 Å². The molecule has 0 unspecified atom stereocenters. The van der Waals surface area contributed by atoms with Crippen molar-refractivity contribution < 1.29 is 18.3 Å². The van der Waals surface area contributed by atoms with Gasteiger partial charge in [0.15, 0.2) is 0 Å². The molecule has 4 aromatic rings. The number of carbonyl (C=O) groups excluding carboxylic acids is 1. The highest BCUT2D eigenvalue weighted by molar-refractivity contribution is 7.89. The van der Waals surface area contributed by atoms with Crippen LogP contribution in [0.1, 0.15) is 35.1 Å². The molecule has 6 heteroatoms. The van der Waals surface area contributed by atoms with E-state index in [1.807, 2.05) is 25.1 Å². The third kappa shape index (κ3) is 5.25. The maximum atomic E-state index is 14.3. The molecule has 36 heavy (non-hydrogen) atoms. The van der Waals surface area contributed by atoms with Gasteiger partial charge >= 0.3 is 0 Å². The van der Waals surface area contributed by atoms with Crippen molar-refractivity contribution in [3.63, 3.8) is 0 Å². The number of aryl methyl sites for hydroxylation is 1. The van der Waals surface area contributed by atoms with E-state index in [1.165, 1.54) is 12.1 Å². The summed E-state index contributed by atoms with van der Waals surface area (Å²) in [5.74, 6) is -1.88. The third-order valence-electron chi connectivity index (χ3n) is 6.32. The number of hydrogen-bond acceptors (Lipinski definition) is 4. The molecule has 184 valence electrons. The summed E-state index contributed by atoms with van der Waals surface area (Å²) in [5.41, 5.74) is 0.919. The number of aliphatic hydroxyl groups is 1.